The lowest BCUT2D eigenvalue weighted by Gasteiger charge is -2.11. The van der Waals surface area contributed by atoms with E-state index in [2.05, 4.69) is 0 Å². The number of benzene rings is 1. The van der Waals surface area contributed by atoms with E-state index in [9.17, 15) is 18.0 Å². The molecule has 0 bridgehead atoms. The molecule has 0 atom stereocenters. The Bertz CT molecular complexity index is 574. The van der Waals surface area contributed by atoms with Crippen molar-refractivity contribution in [3.8, 4) is 5.69 Å². The molecule has 0 radical (unpaired) electrons. The summed E-state index contributed by atoms with van der Waals surface area (Å²) in [7, 11) is 0. The molecule has 3 nitrogen and oxygen atoms in total. The van der Waals surface area contributed by atoms with Gasteiger partial charge in [-0.05, 0) is 30.3 Å². The number of nitrogens with zero attached hydrogens (tertiary/aromatic N) is 1. The van der Waals surface area contributed by atoms with E-state index in [0.29, 0.717) is 6.07 Å². The van der Waals surface area contributed by atoms with Crippen molar-refractivity contribution in [1.29, 1.82) is 0 Å². The van der Waals surface area contributed by atoms with Gasteiger partial charge < -0.3 is 9.67 Å². The summed E-state index contributed by atoms with van der Waals surface area (Å²) in [6, 6.07) is 5.96. The van der Waals surface area contributed by atoms with Crippen LogP contribution in [0.1, 0.15) is 15.9 Å². The van der Waals surface area contributed by atoms with Gasteiger partial charge in [-0.1, -0.05) is 0 Å². The highest BCUT2D eigenvalue weighted by atomic mass is 19.4. The molecule has 0 aliphatic rings. The summed E-state index contributed by atoms with van der Waals surface area (Å²) < 4.78 is 39.0. The zero-order valence-corrected chi connectivity index (χ0v) is 8.98. The molecular weight excluding hydrogens is 247 g/mol. The molecule has 0 saturated heterocycles. The molecule has 0 fully saturated rings. The number of halogens is 3. The van der Waals surface area contributed by atoms with Crippen LogP contribution < -0.4 is 0 Å². The van der Waals surface area contributed by atoms with Crippen LogP contribution in [0, 0.1) is 0 Å². The van der Waals surface area contributed by atoms with Gasteiger partial charge in [-0.15, -0.1) is 0 Å². The molecule has 1 N–H and O–H groups in total. The van der Waals surface area contributed by atoms with Crippen molar-refractivity contribution in [1.82, 2.24) is 4.57 Å². The smallest absolute Gasteiger partial charge is 0.416 e. The van der Waals surface area contributed by atoms with Gasteiger partial charge in [-0.3, -0.25) is 0 Å². The lowest BCUT2D eigenvalue weighted by molar-refractivity contribution is -0.137. The van der Waals surface area contributed by atoms with E-state index in [0.717, 1.165) is 12.1 Å². The van der Waals surface area contributed by atoms with Gasteiger partial charge >= 0.3 is 12.1 Å². The maximum Gasteiger partial charge on any atom is 0.416 e. The first-order chi connectivity index (χ1) is 8.39. The maximum atomic E-state index is 12.5. The van der Waals surface area contributed by atoms with Crippen LogP contribution in [0.2, 0.25) is 0 Å². The van der Waals surface area contributed by atoms with E-state index in [-0.39, 0.29) is 11.3 Å². The molecule has 2 aromatic rings. The molecule has 1 aromatic heterocycles. The molecule has 0 aliphatic carbocycles. The minimum atomic E-state index is -4.56. The molecule has 0 spiro atoms. The molecule has 0 amide bonds. The van der Waals surface area contributed by atoms with Crippen molar-refractivity contribution < 1.29 is 23.1 Å². The predicted molar refractivity (Wildman–Crippen MR) is 57.7 cm³/mol. The van der Waals surface area contributed by atoms with Crippen molar-refractivity contribution in [3.63, 3.8) is 0 Å². The molecule has 1 heterocycles. The van der Waals surface area contributed by atoms with Gasteiger partial charge in [0.15, 0.2) is 0 Å². The van der Waals surface area contributed by atoms with Crippen LogP contribution in [-0.4, -0.2) is 15.6 Å². The fraction of sp³-hybridized carbons (Fsp3) is 0.0833. The SMILES string of the molecule is O=C(O)c1cc(C(F)(F)F)ccc1-n1cccc1. The molecule has 1 aromatic carbocycles. The normalized spacial score (nSPS) is 11.5. The summed E-state index contributed by atoms with van der Waals surface area (Å²) in [6.07, 6.45) is -1.43. The predicted octanol–water partition coefficient (Wildman–Crippen LogP) is 3.19. The molecule has 18 heavy (non-hydrogen) atoms. The largest absolute Gasteiger partial charge is 0.478 e. The highest BCUT2D eigenvalue weighted by Gasteiger charge is 2.31. The van der Waals surface area contributed by atoms with E-state index >= 15 is 0 Å². The molecule has 94 valence electrons. The van der Waals surface area contributed by atoms with Crippen molar-refractivity contribution in [3.05, 3.63) is 53.9 Å². The van der Waals surface area contributed by atoms with Gasteiger partial charge in [0, 0.05) is 12.4 Å². The first-order valence-corrected chi connectivity index (χ1v) is 4.97. The second-order valence-corrected chi connectivity index (χ2v) is 3.63. The van der Waals surface area contributed by atoms with Crippen LogP contribution in [0.5, 0.6) is 0 Å². The third-order valence-corrected chi connectivity index (χ3v) is 2.44. The number of hydrogen-bond acceptors (Lipinski definition) is 1. The number of rotatable bonds is 2. The fourth-order valence-corrected chi connectivity index (χ4v) is 1.60. The first-order valence-electron chi connectivity index (χ1n) is 4.97. The first kappa shape index (κ1) is 12.2. The molecule has 0 aliphatic heterocycles. The number of aromatic nitrogens is 1. The van der Waals surface area contributed by atoms with Gasteiger partial charge in [0.1, 0.15) is 0 Å². The van der Waals surface area contributed by atoms with Gasteiger partial charge in [-0.2, -0.15) is 13.2 Å². The minimum absolute atomic E-state index is 0.195. The van der Waals surface area contributed by atoms with Crippen molar-refractivity contribution in [2.75, 3.05) is 0 Å². The van der Waals surface area contributed by atoms with Gasteiger partial charge in [0.05, 0.1) is 16.8 Å². The Labute approximate surface area is 100 Å². The highest BCUT2D eigenvalue weighted by Crippen LogP contribution is 2.31. The monoisotopic (exact) mass is 255 g/mol. The molecule has 6 heteroatoms. The fourth-order valence-electron chi connectivity index (χ4n) is 1.60. The van der Waals surface area contributed by atoms with Gasteiger partial charge in [0.25, 0.3) is 0 Å². The van der Waals surface area contributed by atoms with Crippen molar-refractivity contribution >= 4 is 5.97 Å². The van der Waals surface area contributed by atoms with Crippen LogP contribution in [0.25, 0.3) is 5.69 Å². The number of alkyl halides is 3. The van der Waals surface area contributed by atoms with Crippen LogP contribution in [-0.2, 0) is 6.18 Å². The summed E-state index contributed by atoms with van der Waals surface area (Å²) in [4.78, 5) is 11.0. The zero-order chi connectivity index (χ0) is 13.3. The topological polar surface area (TPSA) is 42.2 Å². The number of hydrogen-bond donors (Lipinski definition) is 1. The lowest BCUT2D eigenvalue weighted by Crippen LogP contribution is -2.10. The average Bonchev–Trinajstić information content (AvgIpc) is 2.80. The lowest BCUT2D eigenvalue weighted by atomic mass is 10.1. The van der Waals surface area contributed by atoms with E-state index in [4.69, 9.17) is 5.11 Å². The second kappa shape index (κ2) is 4.21. The summed E-state index contributed by atoms with van der Waals surface area (Å²) >= 11 is 0. The summed E-state index contributed by atoms with van der Waals surface area (Å²) in [5.74, 6) is -1.40. The molecule has 0 unspecified atom stereocenters. The molecule has 0 saturated carbocycles. The Hall–Kier alpha value is -2.24. The van der Waals surface area contributed by atoms with Gasteiger partial charge in [0.2, 0.25) is 0 Å². The van der Waals surface area contributed by atoms with Crippen molar-refractivity contribution in [2.45, 2.75) is 6.18 Å². The van der Waals surface area contributed by atoms with Crippen LogP contribution in [0.15, 0.2) is 42.7 Å². The number of carbonyl (C=O) groups is 1. The Kier molecular flexibility index (Phi) is 2.86. The van der Waals surface area contributed by atoms with Crippen LogP contribution >= 0.6 is 0 Å². The second-order valence-electron chi connectivity index (χ2n) is 3.63. The van der Waals surface area contributed by atoms with Gasteiger partial charge in [-0.25, -0.2) is 4.79 Å². The van der Waals surface area contributed by atoms with E-state index in [1.807, 2.05) is 0 Å². The number of aromatic carboxylic acids is 1. The molecular formula is C12H8F3NO2. The van der Waals surface area contributed by atoms with Crippen molar-refractivity contribution in [2.24, 2.45) is 0 Å². The summed E-state index contributed by atoms with van der Waals surface area (Å²) in [6.45, 7) is 0. The zero-order valence-electron chi connectivity index (χ0n) is 8.98. The third kappa shape index (κ3) is 2.22. The Morgan fingerprint density at radius 1 is 1.17 bits per heavy atom. The Morgan fingerprint density at radius 2 is 1.78 bits per heavy atom. The van der Waals surface area contributed by atoms with E-state index in [1.165, 1.54) is 4.57 Å². The van der Waals surface area contributed by atoms with Crippen LogP contribution in [0.4, 0.5) is 13.2 Å². The quantitative estimate of drug-likeness (QED) is 0.895. The summed E-state index contributed by atoms with van der Waals surface area (Å²) in [5, 5.41) is 8.97. The van der Waals surface area contributed by atoms with Crippen LogP contribution in [0.3, 0.4) is 0 Å². The Morgan fingerprint density at radius 3 is 2.28 bits per heavy atom. The maximum absolute atomic E-state index is 12.5. The minimum Gasteiger partial charge on any atom is -0.478 e. The molecule has 2 rings (SSSR count). The average molecular weight is 255 g/mol. The van der Waals surface area contributed by atoms with E-state index < -0.39 is 17.7 Å². The standard InChI is InChI=1S/C12H8F3NO2/c13-12(14,15)8-3-4-10(9(7-8)11(17)18)16-5-1-2-6-16/h1-7H,(H,17,18). The van der Waals surface area contributed by atoms with E-state index in [1.54, 1.807) is 24.5 Å². The summed E-state index contributed by atoms with van der Waals surface area (Å²) in [5.41, 5.74) is -1.17. The highest BCUT2D eigenvalue weighted by molar-refractivity contribution is 5.92. The number of carboxylic acids is 1. The number of carboxylic acid groups (broad SMARTS) is 1. The Balaban J connectivity index is 2.59. The third-order valence-electron chi connectivity index (χ3n) is 2.44.